The Bertz CT molecular complexity index is 285. The molecule has 4 nitrogen and oxygen atoms in total. The first-order valence-electron chi connectivity index (χ1n) is 4.20. The summed E-state index contributed by atoms with van der Waals surface area (Å²) in [5.74, 6) is -2.98. The minimum atomic E-state index is -1.51. The topological polar surface area (TPSA) is 80.3 Å². The number of rotatable bonds is 6. The van der Waals surface area contributed by atoms with Gasteiger partial charge in [-0.2, -0.15) is 0 Å². The maximum Gasteiger partial charge on any atom is 1.00 e. The number of aliphatic carboxylic acids is 2. The summed E-state index contributed by atoms with van der Waals surface area (Å²) in [6.45, 7) is 5.47. The van der Waals surface area contributed by atoms with Crippen LogP contribution in [0.4, 0.5) is 0 Å². The van der Waals surface area contributed by atoms with Gasteiger partial charge in [-0.1, -0.05) is 5.57 Å². The number of carboxylic acids is 2. The van der Waals surface area contributed by atoms with Gasteiger partial charge in [0.25, 0.3) is 0 Å². The Balaban J connectivity index is -0.000000845. The van der Waals surface area contributed by atoms with Gasteiger partial charge in [-0.3, -0.25) is 0 Å². The van der Waals surface area contributed by atoms with Gasteiger partial charge in [0.1, 0.15) is 0 Å². The van der Waals surface area contributed by atoms with Gasteiger partial charge < -0.3 is 19.8 Å². The number of hydrogen-bond donors (Lipinski definition) is 0. The van der Waals surface area contributed by atoms with E-state index in [1.807, 2.05) is 6.92 Å². The molecule has 0 spiro atoms. The van der Waals surface area contributed by atoms with Crippen LogP contribution < -0.4 is 47.9 Å². The molecule has 0 atom stereocenters. The molecule has 0 bridgehead atoms. The standard InChI is InChI=1S/C10H14O4.2Li/c1-7(2)4-3-5-8(10(13)14)6-9(11)12;;/h6H,1,3-5H2,2H3,(H,11,12)(H,13,14);;/q;2*+1/p-2/b8-6+;;. The molecule has 0 saturated heterocycles. The Hall–Kier alpha value is -0.385. The summed E-state index contributed by atoms with van der Waals surface area (Å²) in [6, 6.07) is 0. The molecule has 0 radical (unpaired) electrons. The van der Waals surface area contributed by atoms with Crippen LogP contribution in [0.2, 0.25) is 0 Å². The Labute approximate surface area is 119 Å². The molecule has 0 aromatic rings. The molecular weight excluding hydrogens is 198 g/mol. The monoisotopic (exact) mass is 210 g/mol. The first-order valence-corrected chi connectivity index (χ1v) is 4.20. The van der Waals surface area contributed by atoms with E-state index in [4.69, 9.17) is 0 Å². The van der Waals surface area contributed by atoms with Crippen molar-refractivity contribution in [1.82, 2.24) is 0 Å². The first kappa shape index (κ1) is 21.0. The normalized spacial score (nSPS) is 9.69. The molecule has 0 aromatic heterocycles. The zero-order valence-corrected chi connectivity index (χ0v) is 10.0. The SMILES string of the molecule is C=C(C)CCC/C(=C\C(=O)[O-])C(=O)[O-].[Li+].[Li+]. The van der Waals surface area contributed by atoms with E-state index >= 15 is 0 Å². The van der Waals surface area contributed by atoms with E-state index < -0.39 is 11.9 Å². The summed E-state index contributed by atoms with van der Waals surface area (Å²) in [6.07, 6.45) is 1.93. The summed E-state index contributed by atoms with van der Waals surface area (Å²) in [4.78, 5) is 20.5. The quantitative estimate of drug-likeness (QED) is 0.248. The largest absolute Gasteiger partial charge is 1.00 e. The van der Waals surface area contributed by atoms with Crippen LogP contribution in [0.25, 0.3) is 0 Å². The fourth-order valence-electron chi connectivity index (χ4n) is 0.956. The molecule has 0 aliphatic rings. The molecule has 0 fully saturated rings. The summed E-state index contributed by atoms with van der Waals surface area (Å²) < 4.78 is 0. The second kappa shape index (κ2) is 11.1. The molecule has 0 amide bonds. The molecule has 0 aliphatic carbocycles. The summed E-state index contributed by atoms with van der Waals surface area (Å²) in [5, 5.41) is 20.5. The molecule has 16 heavy (non-hydrogen) atoms. The molecule has 0 unspecified atom stereocenters. The van der Waals surface area contributed by atoms with Crippen molar-refractivity contribution in [3.63, 3.8) is 0 Å². The van der Waals surface area contributed by atoms with Crippen LogP contribution in [0, 0.1) is 0 Å². The Morgan fingerprint density at radius 2 is 1.69 bits per heavy atom. The van der Waals surface area contributed by atoms with Crippen molar-refractivity contribution >= 4 is 11.9 Å². The maximum absolute atomic E-state index is 10.4. The summed E-state index contributed by atoms with van der Waals surface area (Å²) in [7, 11) is 0. The van der Waals surface area contributed by atoms with E-state index in [9.17, 15) is 19.8 Å². The van der Waals surface area contributed by atoms with Gasteiger partial charge >= 0.3 is 37.7 Å². The number of allylic oxidation sites excluding steroid dienone is 1. The Morgan fingerprint density at radius 1 is 1.19 bits per heavy atom. The zero-order chi connectivity index (χ0) is 11.1. The van der Waals surface area contributed by atoms with Crippen molar-refractivity contribution in [1.29, 1.82) is 0 Å². The third kappa shape index (κ3) is 11.7. The minimum Gasteiger partial charge on any atom is -0.545 e. The van der Waals surface area contributed by atoms with E-state index in [1.54, 1.807) is 0 Å². The molecule has 0 aliphatic heterocycles. The molecular formula is C10H12Li2O4. The van der Waals surface area contributed by atoms with Gasteiger partial charge in [-0.25, -0.2) is 0 Å². The van der Waals surface area contributed by atoms with E-state index in [0.717, 1.165) is 5.57 Å². The van der Waals surface area contributed by atoms with Crippen LogP contribution in [0.1, 0.15) is 26.2 Å². The van der Waals surface area contributed by atoms with Gasteiger partial charge in [0.2, 0.25) is 0 Å². The molecule has 0 heterocycles. The van der Waals surface area contributed by atoms with Crippen LogP contribution in [-0.2, 0) is 9.59 Å². The number of carbonyl (C=O) groups is 2. The third-order valence-electron chi connectivity index (χ3n) is 1.60. The van der Waals surface area contributed by atoms with E-state index in [2.05, 4.69) is 6.58 Å². The Morgan fingerprint density at radius 3 is 2.00 bits per heavy atom. The maximum atomic E-state index is 10.4. The fraction of sp³-hybridized carbons (Fsp3) is 0.400. The van der Waals surface area contributed by atoms with Crippen LogP contribution in [0.3, 0.4) is 0 Å². The van der Waals surface area contributed by atoms with Gasteiger partial charge in [0.05, 0.1) is 11.9 Å². The zero-order valence-electron chi connectivity index (χ0n) is 10.0. The second-order valence-electron chi connectivity index (χ2n) is 3.09. The average molecular weight is 210 g/mol. The van der Waals surface area contributed by atoms with Gasteiger partial charge in [-0.15, -0.1) is 6.58 Å². The molecule has 0 N–H and O–H groups in total. The van der Waals surface area contributed by atoms with Crippen molar-refractivity contribution in [2.75, 3.05) is 0 Å². The first-order chi connectivity index (χ1) is 6.43. The average Bonchev–Trinajstić information content (AvgIpc) is 2.00. The van der Waals surface area contributed by atoms with E-state index in [1.165, 1.54) is 0 Å². The predicted molar refractivity (Wildman–Crippen MR) is 46.8 cm³/mol. The molecule has 0 rings (SSSR count). The number of carbonyl (C=O) groups excluding carboxylic acids is 2. The van der Waals surface area contributed by atoms with E-state index in [-0.39, 0.29) is 49.7 Å². The minimum absolute atomic E-state index is 0. The van der Waals surface area contributed by atoms with Crippen molar-refractivity contribution in [2.24, 2.45) is 0 Å². The summed E-state index contributed by atoms with van der Waals surface area (Å²) in [5.41, 5.74) is 0.683. The van der Waals surface area contributed by atoms with Crippen LogP contribution >= 0.6 is 0 Å². The second-order valence-corrected chi connectivity index (χ2v) is 3.09. The van der Waals surface area contributed by atoms with Crippen LogP contribution in [-0.4, -0.2) is 11.9 Å². The smallest absolute Gasteiger partial charge is 0.545 e. The Kier molecular flexibility index (Phi) is 14.6. The van der Waals surface area contributed by atoms with Gasteiger partial charge in [-0.05, 0) is 37.8 Å². The molecule has 78 valence electrons. The molecule has 0 aromatic carbocycles. The third-order valence-corrected chi connectivity index (χ3v) is 1.60. The van der Waals surface area contributed by atoms with Crippen LogP contribution in [0.5, 0.6) is 0 Å². The summed E-state index contributed by atoms with van der Waals surface area (Å²) >= 11 is 0. The van der Waals surface area contributed by atoms with Crippen LogP contribution in [0.15, 0.2) is 23.8 Å². The van der Waals surface area contributed by atoms with Crippen molar-refractivity contribution in [3.05, 3.63) is 23.8 Å². The fourth-order valence-corrected chi connectivity index (χ4v) is 0.956. The van der Waals surface area contributed by atoms with Crippen molar-refractivity contribution in [3.8, 4) is 0 Å². The van der Waals surface area contributed by atoms with Crippen molar-refractivity contribution < 1.29 is 57.5 Å². The number of carboxylic acid groups (broad SMARTS) is 2. The van der Waals surface area contributed by atoms with Gasteiger partial charge in [0, 0.05) is 0 Å². The molecule has 0 saturated carbocycles. The van der Waals surface area contributed by atoms with Gasteiger partial charge in [0.15, 0.2) is 0 Å². The number of hydrogen-bond acceptors (Lipinski definition) is 4. The van der Waals surface area contributed by atoms with Crippen molar-refractivity contribution in [2.45, 2.75) is 26.2 Å². The van der Waals surface area contributed by atoms with E-state index in [0.29, 0.717) is 18.9 Å². The molecule has 6 heteroatoms. The predicted octanol–water partition coefficient (Wildman–Crippen LogP) is -6.83.